The third-order valence-corrected chi connectivity index (χ3v) is 5.62. The van der Waals surface area contributed by atoms with Crippen LogP contribution in [0.25, 0.3) is 10.8 Å². The SMILES string of the molecule is CC(C)(C)c1ccc(C(C)(C)C)c(CCc2ccc3ccccc3c2C=O)c1. The molecule has 3 aromatic rings. The number of carbonyl (C=O) groups is 1. The number of rotatable bonds is 4. The van der Waals surface area contributed by atoms with Crippen molar-refractivity contribution in [2.45, 2.75) is 65.2 Å². The molecule has 0 atom stereocenters. The standard InChI is InChI=1S/C27H32O/c1-26(2,3)22-15-16-25(27(4,5)6)21(17-22)14-13-20-12-11-19-9-7-8-10-23(19)24(20)18-28/h7-12,15-18H,13-14H2,1-6H3. The molecular weight excluding hydrogens is 340 g/mol. The van der Waals surface area contributed by atoms with Crippen LogP contribution in [-0.4, -0.2) is 6.29 Å². The van der Waals surface area contributed by atoms with Gasteiger partial charge in [0.15, 0.2) is 6.29 Å². The van der Waals surface area contributed by atoms with Crippen LogP contribution in [0.4, 0.5) is 0 Å². The van der Waals surface area contributed by atoms with Gasteiger partial charge in [0.25, 0.3) is 0 Å². The van der Waals surface area contributed by atoms with Gasteiger partial charge in [0.05, 0.1) is 0 Å². The van der Waals surface area contributed by atoms with E-state index in [9.17, 15) is 4.79 Å². The van der Waals surface area contributed by atoms with Gasteiger partial charge in [-0.1, -0.05) is 96.1 Å². The molecule has 0 aliphatic carbocycles. The number of fused-ring (bicyclic) bond motifs is 1. The van der Waals surface area contributed by atoms with Gasteiger partial charge in [0.2, 0.25) is 0 Å². The molecule has 0 unspecified atom stereocenters. The van der Waals surface area contributed by atoms with Crippen molar-refractivity contribution in [1.82, 2.24) is 0 Å². The predicted octanol–water partition coefficient (Wildman–Crippen LogP) is 7.03. The van der Waals surface area contributed by atoms with Crippen molar-refractivity contribution in [1.29, 1.82) is 0 Å². The zero-order chi connectivity index (χ0) is 20.5. The zero-order valence-electron chi connectivity index (χ0n) is 18.1. The lowest BCUT2D eigenvalue weighted by Crippen LogP contribution is -2.18. The van der Waals surface area contributed by atoms with Crippen molar-refractivity contribution < 1.29 is 4.79 Å². The van der Waals surface area contributed by atoms with Crippen molar-refractivity contribution in [3.63, 3.8) is 0 Å². The maximum atomic E-state index is 11.9. The van der Waals surface area contributed by atoms with Gasteiger partial charge in [0.1, 0.15) is 0 Å². The van der Waals surface area contributed by atoms with Crippen LogP contribution < -0.4 is 0 Å². The van der Waals surface area contributed by atoms with Crippen molar-refractivity contribution in [2.75, 3.05) is 0 Å². The minimum Gasteiger partial charge on any atom is -0.298 e. The molecule has 0 aliphatic rings. The molecular formula is C27H32O. The maximum absolute atomic E-state index is 11.9. The van der Waals surface area contributed by atoms with E-state index in [1.807, 2.05) is 18.2 Å². The summed E-state index contributed by atoms with van der Waals surface area (Å²) in [7, 11) is 0. The minimum absolute atomic E-state index is 0.0998. The van der Waals surface area contributed by atoms with E-state index >= 15 is 0 Å². The van der Waals surface area contributed by atoms with E-state index in [2.05, 4.69) is 77.9 Å². The van der Waals surface area contributed by atoms with Crippen molar-refractivity contribution in [2.24, 2.45) is 0 Å². The molecule has 0 spiro atoms. The highest BCUT2D eigenvalue weighted by Gasteiger charge is 2.21. The minimum atomic E-state index is 0.0998. The van der Waals surface area contributed by atoms with E-state index in [0.717, 1.165) is 41.0 Å². The monoisotopic (exact) mass is 372 g/mol. The normalized spacial score (nSPS) is 12.4. The first-order chi connectivity index (χ1) is 13.1. The quantitative estimate of drug-likeness (QED) is 0.449. The molecule has 1 nitrogen and oxygen atoms in total. The van der Waals surface area contributed by atoms with Gasteiger partial charge in [-0.15, -0.1) is 0 Å². The highest BCUT2D eigenvalue weighted by molar-refractivity contribution is 5.99. The molecule has 0 amide bonds. The first kappa shape index (κ1) is 20.3. The number of hydrogen-bond acceptors (Lipinski definition) is 1. The molecule has 0 fully saturated rings. The van der Waals surface area contributed by atoms with Crippen molar-refractivity contribution >= 4 is 17.1 Å². The molecule has 0 aliphatic heterocycles. The highest BCUT2D eigenvalue weighted by Crippen LogP contribution is 2.32. The number of aldehydes is 1. The van der Waals surface area contributed by atoms with Crippen LogP contribution in [0.15, 0.2) is 54.6 Å². The fourth-order valence-corrected chi connectivity index (χ4v) is 3.97. The van der Waals surface area contributed by atoms with Crippen LogP contribution in [0, 0.1) is 0 Å². The van der Waals surface area contributed by atoms with Crippen LogP contribution >= 0.6 is 0 Å². The fraction of sp³-hybridized carbons (Fsp3) is 0.370. The number of benzene rings is 3. The zero-order valence-corrected chi connectivity index (χ0v) is 18.1. The Kier molecular flexibility index (Phi) is 5.48. The Labute approximate surface area is 169 Å². The van der Waals surface area contributed by atoms with E-state index in [1.54, 1.807) is 0 Å². The number of carbonyl (C=O) groups excluding carboxylic acids is 1. The van der Waals surface area contributed by atoms with Crippen LogP contribution in [-0.2, 0) is 23.7 Å². The third kappa shape index (κ3) is 4.19. The molecule has 1 heteroatoms. The van der Waals surface area contributed by atoms with Gasteiger partial charge in [0, 0.05) is 5.56 Å². The molecule has 0 saturated heterocycles. The Hall–Kier alpha value is -2.41. The second-order valence-electron chi connectivity index (χ2n) is 9.85. The Bertz CT molecular complexity index is 997. The summed E-state index contributed by atoms with van der Waals surface area (Å²) >= 11 is 0. The Morgan fingerprint density at radius 3 is 2.07 bits per heavy atom. The van der Waals surface area contributed by atoms with E-state index < -0.39 is 0 Å². The van der Waals surface area contributed by atoms with Gasteiger partial charge in [-0.25, -0.2) is 0 Å². The third-order valence-electron chi connectivity index (χ3n) is 5.62. The Morgan fingerprint density at radius 2 is 1.43 bits per heavy atom. The van der Waals surface area contributed by atoms with Gasteiger partial charge in [-0.3, -0.25) is 4.79 Å². The fourth-order valence-electron chi connectivity index (χ4n) is 3.97. The first-order valence-electron chi connectivity index (χ1n) is 10.2. The van der Waals surface area contributed by atoms with Gasteiger partial charge in [-0.05, 0) is 56.7 Å². The van der Waals surface area contributed by atoms with E-state index in [-0.39, 0.29) is 10.8 Å². The summed E-state index contributed by atoms with van der Waals surface area (Å²) in [5.41, 5.74) is 6.35. The van der Waals surface area contributed by atoms with Crippen LogP contribution in [0.5, 0.6) is 0 Å². The summed E-state index contributed by atoms with van der Waals surface area (Å²) in [5, 5.41) is 2.17. The highest BCUT2D eigenvalue weighted by atomic mass is 16.1. The molecule has 28 heavy (non-hydrogen) atoms. The molecule has 0 N–H and O–H groups in total. The second-order valence-corrected chi connectivity index (χ2v) is 9.85. The lowest BCUT2D eigenvalue weighted by atomic mass is 9.78. The maximum Gasteiger partial charge on any atom is 0.150 e. The number of hydrogen-bond donors (Lipinski definition) is 0. The van der Waals surface area contributed by atoms with Crippen LogP contribution in [0.2, 0.25) is 0 Å². The van der Waals surface area contributed by atoms with E-state index in [4.69, 9.17) is 0 Å². The summed E-state index contributed by atoms with van der Waals surface area (Å²) in [6.07, 6.45) is 2.83. The first-order valence-corrected chi connectivity index (χ1v) is 10.2. The molecule has 0 saturated carbocycles. The second kappa shape index (κ2) is 7.54. The average Bonchev–Trinajstić information content (AvgIpc) is 2.64. The smallest absolute Gasteiger partial charge is 0.150 e. The van der Waals surface area contributed by atoms with Crippen LogP contribution in [0.1, 0.15) is 74.2 Å². The predicted molar refractivity (Wildman–Crippen MR) is 121 cm³/mol. The molecule has 0 aromatic heterocycles. The molecule has 0 heterocycles. The molecule has 0 radical (unpaired) electrons. The topological polar surface area (TPSA) is 17.1 Å². The van der Waals surface area contributed by atoms with Crippen LogP contribution in [0.3, 0.4) is 0 Å². The Balaban J connectivity index is 2.00. The van der Waals surface area contributed by atoms with Gasteiger partial charge in [-0.2, -0.15) is 0 Å². The lowest BCUT2D eigenvalue weighted by Gasteiger charge is -2.27. The molecule has 0 bridgehead atoms. The summed E-state index contributed by atoms with van der Waals surface area (Å²) in [5.74, 6) is 0. The number of aryl methyl sites for hydroxylation is 2. The summed E-state index contributed by atoms with van der Waals surface area (Å²) in [6.45, 7) is 13.6. The van der Waals surface area contributed by atoms with Gasteiger partial charge >= 0.3 is 0 Å². The van der Waals surface area contributed by atoms with E-state index in [1.165, 1.54) is 16.7 Å². The molecule has 146 valence electrons. The average molecular weight is 373 g/mol. The van der Waals surface area contributed by atoms with E-state index in [0.29, 0.717) is 0 Å². The van der Waals surface area contributed by atoms with Crippen molar-refractivity contribution in [3.8, 4) is 0 Å². The molecule has 3 aromatic carbocycles. The lowest BCUT2D eigenvalue weighted by molar-refractivity contribution is 0.112. The Morgan fingerprint density at radius 1 is 0.750 bits per heavy atom. The van der Waals surface area contributed by atoms with Crippen molar-refractivity contribution in [3.05, 3.63) is 82.4 Å². The summed E-state index contributed by atoms with van der Waals surface area (Å²) < 4.78 is 0. The van der Waals surface area contributed by atoms with Gasteiger partial charge < -0.3 is 0 Å². The summed E-state index contributed by atoms with van der Waals surface area (Å²) in [4.78, 5) is 11.9. The largest absolute Gasteiger partial charge is 0.298 e. The summed E-state index contributed by atoms with van der Waals surface area (Å²) in [6, 6.07) is 19.3. The molecule has 3 rings (SSSR count).